The number of likely N-dealkylation sites (N-methyl/N-ethyl adjacent to an activating group) is 1. The Morgan fingerprint density at radius 1 is 1.47 bits per heavy atom. The lowest BCUT2D eigenvalue weighted by atomic mass is 10.0. The lowest BCUT2D eigenvalue weighted by Crippen LogP contribution is -2.36. The summed E-state index contributed by atoms with van der Waals surface area (Å²) in [6, 6.07) is 1.89. The molecule has 1 aliphatic heterocycles. The molecule has 3 amide bonds. The Labute approximate surface area is 88.2 Å². The van der Waals surface area contributed by atoms with Crippen molar-refractivity contribution in [2.45, 2.75) is 19.3 Å². The van der Waals surface area contributed by atoms with E-state index in [1.807, 2.05) is 0 Å². The van der Waals surface area contributed by atoms with Gasteiger partial charge in [-0.2, -0.15) is 5.26 Å². The predicted octanol–water partition coefficient (Wildman–Crippen LogP) is 0.574. The summed E-state index contributed by atoms with van der Waals surface area (Å²) >= 11 is 0. The highest BCUT2D eigenvalue weighted by Gasteiger charge is 2.48. The number of nitriles is 1. The molecule has 2 aliphatic rings. The van der Waals surface area contributed by atoms with Crippen LogP contribution in [-0.4, -0.2) is 41.9 Å². The summed E-state index contributed by atoms with van der Waals surface area (Å²) in [6.07, 6.45) is 2.33. The molecule has 1 aliphatic carbocycles. The Kier molecular flexibility index (Phi) is 2.14. The van der Waals surface area contributed by atoms with Gasteiger partial charge in [0.25, 0.3) is 0 Å². The quantitative estimate of drug-likeness (QED) is 0.636. The summed E-state index contributed by atoms with van der Waals surface area (Å²) in [7, 11) is 1.62. The molecule has 2 rings (SSSR count). The molecule has 0 bridgehead atoms. The molecule has 2 fully saturated rings. The summed E-state index contributed by atoms with van der Waals surface area (Å²) in [5, 5.41) is 8.65. The molecule has 5 nitrogen and oxygen atoms in total. The average molecular weight is 207 g/mol. The Morgan fingerprint density at radius 2 is 2.13 bits per heavy atom. The van der Waals surface area contributed by atoms with Crippen LogP contribution < -0.4 is 0 Å². The molecule has 80 valence electrons. The van der Waals surface area contributed by atoms with Crippen molar-refractivity contribution in [3.63, 3.8) is 0 Å². The molecule has 1 heterocycles. The number of urea groups is 1. The minimum absolute atomic E-state index is 0.0920. The van der Waals surface area contributed by atoms with Crippen molar-refractivity contribution >= 4 is 11.9 Å². The summed E-state index contributed by atoms with van der Waals surface area (Å²) in [6.45, 7) is 0.587. The number of carbonyl (C=O) groups excluding carboxylic acids is 2. The summed E-state index contributed by atoms with van der Waals surface area (Å²) in [5.41, 5.74) is -0.0920. The Balaban J connectivity index is 2.04. The normalized spacial score (nSPS) is 23.2. The fourth-order valence-electron chi connectivity index (χ4n) is 1.90. The van der Waals surface area contributed by atoms with Gasteiger partial charge in [0.05, 0.1) is 6.07 Å². The highest BCUT2D eigenvalue weighted by molar-refractivity contribution is 6.01. The van der Waals surface area contributed by atoms with Crippen molar-refractivity contribution in [1.82, 2.24) is 9.80 Å². The Morgan fingerprint density at radius 3 is 2.53 bits per heavy atom. The molecule has 0 radical (unpaired) electrons. The first-order chi connectivity index (χ1) is 7.08. The highest BCUT2D eigenvalue weighted by atomic mass is 16.2. The molecule has 0 aromatic carbocycles. The van der Waals surface area contributed by atoms with Gasteiger partial charge >= 0.3 is 6.03 Å². The van der Waals surface area contributed by atoms with E-state index in [9.17, 15) is 9.59 Å². The number of carbonyl (C=O) groups is 2. The maximum absolute atomic E-state index is 11.6. The van der Waals surface area contributed by atoms with Gasteiger partial charge in [0.1, 0.15) is 6.54 Å². The molecule has 5 heteroatoms. The molecule has 0 aromatic rings. The predicted molar refractivity (Wildman–Crippen MR) is 51.6 cm³/mol. The molecule has 1 saturated carbocycles. The van der Waals surface area contributed by atoms with Crippen LogP contribution in [0.3, 0.4) is 0 Å². The van der Waals surface area contributed by atoms with Crippen LogP contribution in [0.2, 0.25) is 0 Å². The van der Waals surface area contributed by atoms with E-state index in [0.29, 0.717) is 13.0 Å². The van der Waals surface area contributed by atoms with Crippen LogP contribution in [0.25, 0.3) is 0 Å². The number of nitrogens with zero attached hydrogens (tertiary/aromatic N) is 3. The molecule has 0 N–H and O–H groups in total. The minimum Gasteiger partial charge on any atom is -0.318 e. The lowest BCUT2D eigenvalue weighted by Gasteiger charge is -2.19. The van der Waals surface area contributed by atoms with E-state index in [2.05, 4.69) is 6.07 Å². The Bertz CT molecular complexity index is 354. The summed E-state index contributed by atoms with van der Waals surface area (Å²) in [5.74, 6) is -0.147. The zero-order valence-electron chi connectivity index (χ0n) is 8.69. The monoisotopic (exact) mass is 207 g/mol. The van der Waals surface area contributed by atoms with Crippen LogP contribution in [0.15, 0.2) is 0 Å². The fourth-order valence-corrected chi connectivity index (χ4v) is 1.90. The van der Waals surface area contributed by atoms with Crippen LogP contribution in [0.1, 0.15) is 19.3 Å². The van der Waals surface area contributed by atoms with Crippen molar-refractivity contribution in [1.29, 1.82) is 5.26 Å². The van der Waals surface area contributed by atoms with Gasteiger partial charge in [0, 0.05) is 25.4 Å². The highest BCUT2D eigenvalue weighted by Crippen LogP contribution is 2.49. The van der Waals surface area contributed by atoms with Crippen molar-refractivity contribution in [2.24, 2.45) is 5.41 Å². The summed E-state index contributed by atoms with van der Waals surface area (Å²) < 4.78 is 0. The topological polar surface area (TPSA) is 64.4 Å². The summed E-state index contributed by atoms with van der Waals surface area (Å²) in [4.78, 5) is 25.7. The fraction of sp³-hybridized carbons (Fsp3) is 0.700. The largest absolute Gasteiger partial charge is 0.326 e. The van der Waals surface area contributed by atoms with E-state index < -0.39 is 0 Å². The van der Waals surface area contributed by atoms with Crippen LogP contribution in [0.5, 0.6) is 0 Å². The van der Waals surface area contributed by atoms with Crippen LogP contribution in [-0.2, 0) is 4.79 Å². The van der Waals surface area contributed by atoms with Crippen molar-refractivity contribution in [3.8, 4) is 6.07 Å². The van der Waals surface area contributed by atoms with E-state index in [-0.39, 0.29) is 23.9 Å². The van der Waals surface area contributed by atoms with Crippen LogP contribution in [0.4, 0.5) is 4.79 Å². The van der Waals surface area contributed by atoms with Crippen LogP contribution in [0, 0.1) is 16.7 Å². The molecule has 0 spiro atoms. The van der Waals surface area contributed by atoms with Crippen molar-refractivity contribution in [2.75, 3.05) is 20.1 Å². The number of amides is 3. The van der Waals surface area contributed by atoms with E-state index in [4.69, 9.17) is 5.26 Å². The molecule has 15 heavy (non-hydrogen) atoms. The standard InChI is InChI=1S/C10H13N3O2/c1-12-6-8(14)13(9(12)15)7-10(2-3-10)4-5-11/h2-4,6-7H2,1H3. The van der Waals surface area contributed by atoms with E-state index in [1.54, 1.807) is 7.05 Å². The Hall–Kier alpha value is -1.57. The zero-order chi connectivity index (χ0) is 11.1. The molecular formula is C10H13N3O2. The third kappa shape index (κ3) is 1.67. The maximum atomic E-state index is 11.6. The first-order valence-electron chi connectivity index (χ1n) is 5.00. The first kappa shape index (κ1) is 9.97. The van der Waals surface area contributed by atoms with Gasteiger partial charge in [-0.15, -0.1) is 0 Å². The van der Waals surface area contributed by atoms with Gasteiger partial charge in [-0.25, -0.2) is 4.79 Å². The maximum Gasteiger partial charge on any atom is 0.326 e. The SMILES string of the molecule is CN1CC(=O)N(CC2(CC#N)CC2)C1=O. The van der Waals surface area contributed by atoms with Crippen molar-refractivity contribution < 1.29 is 9.59 Å². The van der Waals surface area contributed by atoms with Gasteiger partial charge in [-0.3, -0.25) is 9.69 Å². The van der Waals surface area contributed by atoms with Gasteiger partial charge in [-0.1, -0.05) is 0 Å². The third-order valence-electron chi connectivity index (χ3n) is 3.14. The minimum atomic E-state index is -0.232. The number of hydrogen-bond acceptors (Lipinski definition) is 3. The van der Waals surface area contributed by atoms with Gasteiger partial charge in [-0.05, 0) is 12.8 Å². The van der Waals surface area contributed by atoms with Gasteiger partial charge in [0.2, 0.25) is 5.91 Å². The molecule has 1 saturated heterocycles. The molecule has 0 unspecified atom stereocenters. The second-order valence-electron chi connectivity index (χ2n) is 4.45. The van der Waals surface area contributed by atoms with E-state index in [0.717, 1.165) is 12.8 Å². The second kappa shape index (κ2) is 3.23. The number of rotatable bonds is 3. The van der Waals surface area contributed by atoms with E-state index >= 15 is 0 Å². The smallest absolute Gasteiger partial charge is 0.318 e. The second-order valence-corrected chi connectivity index (χ2v) is 4.45. The molecular weight excluding hydrogens is 194 g/mol. The molecule has 0 aromatic heterocycles. The third-order valence-corrected chi connectivity index (χ3v) is 3.14. The van der Waals surface area contributed by atoms with Gasteiger partial charge in [0.15, 0.2) is 0 Å². The van der Waals surface area contributed by atoms with Crippen LogP contribution >= 0.6 is 0 Å². The van der Waals surface area contributed by atoms with E-state index in [1.165, 1.54) is 9.80 Å². The van der Waals surface area contributed by atoms with Crippen molar-refractivity contribution in [3.05, 3.63) is 0 Å². The average Bonchev–Trinajstić information content (AvgIpc) is 2.89. The lowest BCUT2D eigenvalue weighted by molar-refractivity contribution is -0.125. The first-order valence-corrected chi connectivity index (χ1v) is 5.00. The number of imide groups is 1. The number of hydrogen-bond donors (Lipinski definition) is 0. The zero-order valence-corrected chi connectivity index (χ0v) is 8.69. The molecule has 0 atom stereocenters. The van der Waals surface area contributed by atoms with Gasteiger partial charge < -0.3 is 4.90 Å².